The minimum absolute atomic E-state index is 0.202. The topological polar surface area (TPSA) is 40.5 Å². The number of hydrogen-bond donors (Lipinski definition) is 1. The first-order valence-corrected chi connectivity index (χ1v) is 7.60. The molecule has 1 heterocycles. The van der Waals surface area contributed by atoms with Crippen molar-refractivity contribution in [1.29, 1.82) is 0 Å². The highest BCUT2D eigenvalue weighted by Gasteiger charge is 2.30. The molecular formula is C17H25NO2. The van der Waals surface area contributed by atoms with Crippen LogP contribution in [-0.4, -0.2) is 35.6 Å². The molecule has 110 valence electrons. The van der Waals surface area contributed by atoms with Gasteiger partial charge in [0.1, 0.15) is 0 Å². The van der Waals surface area contributed by atoms with Crippen molar-refractivity contribution in [3.05, 3.63) is 35.9 Å². The third kappa shape index (κ3) is 3.83. The number of carboxylic acid groups (broad SMARTS) is 1. The third-order valence-electron chi connectivity index (χ3n) is 4.33. The summed E-state index contributed by atoms with van der Waals surface area (Å²) in [4.78, 5) is 13.6. The molecule has 1 aromatic carbocycles. The molecule has 3 nitrogen and oxygen atoms in total. The minimum Gasteiger partial charge on any atom is -0.481 e. The summed E-state index contributed by atoms with van der Waals surface area (Å²) in [6.45, 7) is 7.05. The zero-order valence-electron chi connectivity index (χ0n) is 12.5. The van der Waals surface area contributed by atoms with Gasteiger partial charge in [0.15, 0.2) is 0 Å². The number of benzene rings is 1. The van der Waals surface area contributed by atoms with Gasteiger partial charge < -0.3 is 10.0 Å². The summed E-state index contributed by atoms with van der Waals surface area (Å²) in [6.07, 6.45) is 1.90. The zero-order chi connectivity index (χ0) is 14.5. The number of carbonyl (C=O) groups is 1. The highest BCUT2D eigenvalue weighted by Crippen LogP contribution is 2.26. The molecule has 1 saturated heterocycles. The summed E-state index contributed by atoms with van der Waals surface area (Å²) in [5, 5.41) is 9.26. The van der Waals surface area contributed by atoms with Gasteiger partial charge in [-0.05, 0) is 30.2 Å². The first-order chi connectivity index (χ1) is 9.60. The van der Waals surface area contributed by atoms with Gasteiger partial charge in [0.25, 0.3) is 0 Å². The van der Waals surface area contributed by atoms with E-state index >= 15 is 0 Å². The summed E-state index contributed by atoms with van der Waals surface area (Å²) in [5.41, 5.74) is 1.36. The van der Waals surface area contributed by atoms with Gasteiger partial charge in [-0.25, -0.2) is 0 Å². The lowest BCUT2D eigenvalue weighted by Gasteiger charge is -2.36. The summed E-state index contributed by atoms with van der Waals surface area (Å²) >= 11 is 0. The molecule has 0 radical (unpaired) electrons. The van der Waals surface area contributed by atoms with Crippen LogP contribution in [0.4, 0.5) is 0 Å². The van der Waals surface area contributed by atoms with Crippen molar-refractivity contribution in [3.63, 3.8) is 0 Å². The van der Waals surface area contributed by atoms with Crippen molar-refractivity contribution in [2.45, 2.75) is 32.6 Å². The summed E-state index contributed by atoms with van der Waals surface area (Å²) < 4.78 is 0. The van der Waals surface area contributed by atoms with Crippen LogP contribution in [0.15, 0.2) is 30.3 Å². The monoisotopic (exact) mass is 275 g/mol. The molecule has 20 heavy (non-hydrogen) atoms. The fraction of sp³-hybridized carbons (Fsp3) is 0.588. The van der Waals surface area contributed by atoms with Gasteiger partial charge in [-0.15, -0.1) is 0 Å². The molecule has 1 fully saturated rings. The van der Waals surface area contributed by atoms with Crippen molar-refractivity contribution in [1.82, 2.24) is 4.90 Å². The lowest BCUT2D eigenvalue weighted by molar-refractivity contribution is -0.144. The Bertz CT molecular complexity index is 432. The Kier molecular flexibility index (Phi) is 5.18. The van der Waals surface area contributed by atoms with E-state index in [0.29, 0.717) is 18.4 Å². The average molecular weight is 275 g/mol. The molecule has 0 amide bonds. The van der Waals surface area contributed by atoms with E-state index in [0.717, 1.165) is 25.9 Å². The molecule has 3 unspecified atom stereocenters. The lowest BCUT2D eigenvalue weighted by Crippen LogP contribution is -2.44. The molecule has 1 aliphatic rings. The van der Waals surface area contributed by atoms with Crippen LogP contribution in [0.2, 0.25) is 0 Å². The number of aliphatic carboxylic acids is 1. The van der Waals surface area contributed by atoms with Gasteiger partial charge in [0.05, 0.1) is 5.92 Å². The second kappa shape index (κ2) is 6.89. The maximum absolute atomic E-state index is 11.2. The molecule has 0 bridgehead atoms. The van der Waals surface area contributed by atoms with Crippen molar-refractivity contribution < 1.29 is 9.90 Å². The molecule has 3 heteroatoms. The number of carboxylic acids is 1. The molecule has 1 N–H and O–H groups in total. The molecule has 0 aliphatic carbocycles. The molecular weight excluding hydrogens is 250 g/mol. The van der Waals surface area contributed by atoms with Gasteiger partial charge in [-0.1, -0.05) is 44.2 Å². The Balaban J connectivity index is 2.02. The molecule has 1 aromatic rings. The molecule has 1 aliphatic heterocycles. The van der Waals surface area contributed by atoms with E-state index in [9.17, 15) is 9.90 Å². The van der Waals surface area contributed by atoms with Gasteiger partial charge in [-0.2, -0.15) is 0 Å². The second-order valence-electron chi connectivity index (χ2n) is 6.11. The standard InChI is InChI=1S/C17H25NO2/c1-3-14(15-7-5-4-6-8-15)11-18-10-13(2)9-16(12-18)17(19)20/h4-8,13-14,16H,3,9-12H2,1-2H3,(H,19,20). The maximum atomic E-state index is 11.2. The summed E-state index contributed by atoms with van der Waals surface area (Å²) in [5.74, 6) is 0.121. The SMILES string of the molecule is CCC(CN1CC(C)CC(C(=O)O)C1)c1ccccc1. The number of piperidine rings is 1. The van der Waals surface area contributed by atoms with E-state index in [1.54, 1.807) is 0 Å². The van der Waals surface area contributed by atoms with Crippen LogP contribution in [0.5, 0.6) is 0 Å². The van der Waals surface area contributed by atoms with E-state index in [2.05, 4.69) is 43.0 Å². The van der Waals surface area contributed by atoms with Gasteiger partial charge in [-0.3, -0.25) is 4.79 Å². The van der Waals surface area contributed by atoms with Crippen LogP contribution in [0.1, 0.15) is 38.2 Å². The first kappa shape index (κ1) is 15.0. The van der Waals surface area contributed by atoms with Crippen LogP contribution in [0.25, 0.3) is 0 Å². The smallest absolute Gasteiger partial charge is 0.307 e. The van der Waals surface area contributed by atoms with Crippen LogP contribution in [0.3, 0.4) is 0 Å². The second-order valence-corrected chi connectivity index (χ2v) is 6.11. The highest BCUT2D eigenvalue weighted by molar-refractivity contribution is 5.70. The van der Waals surface area contributed by atoms with Crippen molar-refractivity contribution in [2.24, 2.45) is 11.8 Å². The van der Waals surface area contributed by atoms with Gasteiger partial charge in [0, 0.05) is 19.6 Å². The average Bonchev–Trinajstić information content (AvgIpc) is 2.45. The van der Waals surface area contributed by atoms with E-state index in [4.69, 9.17) is 0 Å². The van der Waals surface area contributed by atoms with Gasteiger partial charge >= 0.3 is 5.97 Å². The quantitative estimate of drug-likeness (QED) is 0.897. The Morgan fingerprint density at radius 3 is 2.65 bits per heavy atom. The van der Waals surface area contributed by atoms with E-state index in [1.807, 2.05) is 6.07 Å². The predicted octanol–water partition coefficient (Wildman–Crippen LogP) is 3.22. The van der Waals surface area contributed by atoms with Crippen LogP contribution >= 0.6 is 0 Å². The van der Waals surface area contributed by atoms with Crippen molar-refractivity contribution >= 4 is 5.97 Å². The largest absolute Gasteiger partial charge is 0.481 e. The first-order valence-electron chi connectivity index (χ1n) is 7.60. The predicted molar refractivity (Wildman–Crippen MR) is 80.8 cm³/mol. The number of hydrogen-bond acceptors (Lipinski definition) is 2. The normalized spacial score (nSPS) is 25.3. The minimum atomic E-state index is -0.644. The Morgan fingerprint density at radius 2 is 2.05 bits per heavy atom. The van der Waals surface area contributed by atoms with Crippen LogP contribution in [0, 0.1) is 11.8 Å². The number of nitrogens with zero attached hydrogens (tertiary/aromatic N) is 1. The van der Waals surface area contributed by atoms with Gasteiger partial charge in [0.2, 0.25) is 0 Å². The molecule has 0 saturated carbocycles. The van der Waals surface area contributed by atoms with Crippen LogP contribution < -0.4 is 0 Å². The zero-order valence-corrected chi connectivity index (χ0v) is 12.5. The van der Waals surface area contributed by atoms with Crippen molar-refractivity contribution in [3.8, 4) is 0 Å². The van der Waals surface area contributed by atoms with Crippen LogP contribution in [-0.2, 0) is 4.79 Å². The maximum Gasteiger partial charge on any atom is 0.307 e. The molecule has 2 rings (SSSR count). The Hall–Kier alpha value is -1.35. The van der Waals surface area contributed by atoms with E-state index in [-0.39, 0.29) is 5.92 Å². The number of rotatable bonds is 5. The molecule has 0 spiro atoms. The highest BCUT2D eigenvalue weighted by atomic mass is 16.4. The molecule has 3 atom stereocenters. The Labute approximate surface area is 121 Å². The van der Waals surface area contributed by atoms with E-state index < -0.39 is 5.97 Å². The van der Waals surface area contributed by atoms with E-state index in [1.165, 1.54) is 5.56 Å². The fourth-order valence-electron chi connectivity index (χ4n) is 3.30. The summed E-state index contributed by atoms with van der Waals surface area (Å²) in [7, 11) is 0. The molecule has 0 aromatic heterocycles. The van der Waals surface area contributed by atoms with Crippen molar-refractivity contribution in [2.75, 3.05) is 19.6 Å². The Morgan fingerprint density at radius 1 is 1.35 bits per heavy atom. The lowest BCUT2D eigenvalue weighted by atomic mass is 9.88. The summed E-state index contributed by atoms with van der Waals surface area (Å²) in [6, 6.07) is 10.6. The third-order valence-corrected chi connectivity index (χ3v) is 4.33. The fourth-order valence-corrected chi connectivity index (χ4v) is 3.30. The number of likely N-dealkylation sites (tertiary alicyclic amines) is 1.